The van der Waals surface area contributed by atoms with Crippen molar-refractivity contribution in [3.8, 4) is 11.5 Å². The van der Waals surface area contributed by atoms with Crippen molar-refractivity contribution >= 4 is 11.6 Å². The van der Waals surface area contributed by atoms with E-state index in [0.29, 0.717) is 16.5 Å². The predicted octanol–water partition coefficient (Wildman–Crippen LogP) is 4.51. The molecule has 0 heterocycles. The minimum Gasteiger partial charge on any atom is -0.493 e. The number of ether oxygens (including phenoxy) is 2. The van der Waals surface area contributed by atoms with Crippen molar-refractivity contribution in [2.45, 2.75) is 38.1 Å². The average Bonchev–Trinajstić information content (AvgIpc) is 2.76. The molecule has 0 saturated heterocycles. The Balaban J connectivity index is 2.37. The maximum Gasteiger partial charge on any atom is 0.179 e. The van der Waals surface area contributed by atoms with Gasteiger partial charge in [-0.1, -0.05) is 29.7 Å². The SMILES string of the molecule is CNC(C1=CCCCCC1)c1cc(Cl)c(OC)c(OC)c1. The number of halogens is 1. The van der Waals surface area contributed by atoms with Gasteiger partial charge in [0.25, 0.3) is 0 Å². The van der Waals surface area contributed by atoms with Crippen LogP contribution in [0.2, 0.25) is 5.02 Å². The average molecular weight is 310 g/mol. The summed E-state index contributed by atoms with van der Waals surface area (Å²) in [6.45, 7) is 0. The molecule has 1 atom stereocenters. The fourth-order valence-corrected chi connectivity index (χ4v) is 3.27. The highest BCUT2D eigenvalue weighted by atomic mass is 35.5. The summed E-state index contributed by atoms with van der Waals surface area (Å²) in [5.74, 6) is 1.27. The van der Waals surface area contributed by atoms with Crippen LogP contribution in [0.15, 0.2) is 23.8 Å². The number of allylic oxidation sites excluding steroid dienone is 1. The van der Waals surface area contributed by atoms with Gasteiger partial charge in [-0.25, -0.2) is 0 Å². The van der Waals surface area contributed by atoms with Crippen LogP contribution in [0.25, 0.3) is 0 Å². The molecule has 3 nitrogen and oxygen atoms in total. The van der Waals surface area contributed by atoms with Gasteiger partial charge >= 0.3 is 0 Å². The van der Waals surface area contributed by atoms with E-state index in [1.165, 1.54) is 24.8 Å². The third kappa shape index (κ3) is 3.72. The molecule has 4 heteroatoms. The first-order valence-corrected chi connectivity index (χ1v) is 7.86. The Morgan fingerprint density at radius 3 is 2.62 bits per heavy atom. The zero-order valence-corrected chi connectivity index (χ0v) is 13.8. The lowest BCUT2D eigenvalue weighted by atomic mass is 9.95. The molecule has 1 aromatic rings. The largest absolute Gasteiger partial charge is 0.493 e. The number of benzene rings is 1. The van der Waals surface area contributed by atoms with Crippen molar-refractivity contribution in [2.75, 3.05) is 21.3 Å². The standard InChI is InChI=1S/C17H24ClNO2/c1-19-16(12-8-6-4-5-7-9-12)13-10-14(18)17(21-3)15(11-13)20-2/h8,10-11,16,19H,4-7,9H2,1-3H3. The van der Waals surface area contributed by atoms with Crippen LogP contribution in [0.3, 0.4) is 0 Å². The van der Waals surface area contributed by atoms with Crippen LogP contribution in [0, 0.1) is 0 Å². The van der Waals surface area contributed by atoms with Crippen molar-refractivity contribution in [1.29, 1.82) is 0 Å². The second-order valence-electron chi connectivity index (χ2n) is 5.34. The van der Waals surface area contributed by atoms with Gasteiger partial charge in [0.2, 0.25) is 0 Å². The molecule has 0 saturated carbocycles. The summed E-state index contributed by atoms with van der Waals surface area (Å²) in [7, 11) is 5.23. The van der Waals surface area contributed by atoms with E-state index in [1.54, 1.807) is 14.2 Å². The zero-order valence-electron chi connectivity index (χ0n) is 13.0. The molecule has 1 aliphatic rings. The van der Waals surface area contributed by atoms with Gasteiger partial charge in [-0.15, -0.1) is 0 Å². The molecular formula is C17H24ClNO2. The quantitative estimate of drug-likeness (QED) is 0.812. The molecule has 0 aliphatic heterocycles. The van der Waals surface area contributed by atoms with Crippen molar-refractivity contribution in [3.63, 3.8) is 0 Å². The molecule has 1 unspecified atom stereocenters. The number of nitrogens with one attached hydrogen (secondary N) is 1. The molecule has 2 rings (SSSR count). The Kier molecular flexibility index (Phi) is 5.95. The molecule has 21 heavy (non-hydrogen) atoms. The lowest BCUT2D eigenvalue weighted by molar-refractivity contribution is 0.354. The molecule has 1 aromatic carbocycles. The molecular weight excluding hydrogens is 286 g/mol. The van der Waals surface area contributed by atoms with Crippen LogP contribution in [-0.4, -0.2) is 21.3 Å². The van der Waals surface area contributed by atoms with E-state index in [9.17, 15) is 0 Å². The summed E-state index contributed by atoms with van der Waals surface area (Å²) in [6, 6.07) is 4.16. The second-order valence-corrected chi connectivity index (χ2v) is 5.75. The molecule has 0 amide bonds. The number of methoxy groups -OCH3 is 2. The van der Waals surface area contributed by atoms with E-state index in [-0.39, 0.29) is 6.04 Å². The normalized spacial score (nSPS) is 16.9. The van der Waals surface area contributed by atoms with E-state index in [2.05, 4.69) is 11.4 Å². The van der Waals surface area contributed by atoms with Crippen LogP contribution < -0.4 is 14.8 Å². The fraction of sp³-hybridized carbons (Fsp3) is 0.529. The monoisotopic (exact) mass is 309 g/mol. The smallest absolute Gasteiger partial charge is 0.179 e. The molecule has 116 valence electrons. The van der Waals surface area contributed by atoms with E-state index in [1.807, 2.05) is 19.2 Å². The van der Waals surface area contributed by atoms with Crippen LogP contribution in [0.5, 0.6) is 11.5 Å². The summed E-state index contributed by atoms with van der Waals surface area (Å²) < 4.78 is 10.7. The highest BCUT2D eigenvalue weighted by Crippen LogP contribution is 2.39. The summed E-state index contributed by atoms with van der Waals surface area (Å²) in [6.07, 6.45) is 8.52. The third-order valence-electron chi connectivity index (χ3n) is 4.02. The third-order valence-corrected chi connectivity index (χ3v) is 4.31. The minimum absolute atomic E-state index is 0.181. The Bertz CT molecular complexity index is 514. The van der Waals surface area contributed by atoms with Gasteiger partial charge in [-0.3, -0.25) is 0 Å². The van der Waals surface area contributed by atoms with Gasteiger partial charge < -0.3 is 14.8 Å². The maximum absolute atomic E-state index is 6.33. The molecule has 0 bridgehead atoms. The number of rotatable bonds is 5. The predicted molar refractivity (Wildman–Crippen MR) is 87.5 cm³/mol. The van der Waals surface area contributed by atoms with Gasteiger partial charge in [0, 0.05) is 0 Å². The minimum atomic E-state index is 0.181. The van der Waals surface area contributed by atoms with Gasteiger partial charge in [-0.05, 0) is 50.4 Å². The Hall–Kier alpha value is -1.19. The number of hydrogen-bond acceptors (Lipinski definition) is 3. The highest BCUT2D eigenvalue weighted by molar-refractivity contribution is 6.32. The first kappa shape index (κ1) is 16.2. The summed E-state index contributed by atoms with van der Waals surface area (Å²) >= 11 is 6.33. The summed E-state index contributed by atoms with van der Waals surface area (Å²) in [5, 5.41) is 3.99. The van der Waals surface area contributed by atoms with Crippen molar-refractivity contribution < 1.29 is 9.47 Å². The Morgan fingerprint density at radius 1 is 1.14 bits per heavy atom. The fourth-order valence-electron chi connectivity index (χ4n) is 2.97. The molecule has 0 spiro atoms. The second kappa shape index (κ2) is 7.71. The molecule has 0 fully saturated rings. The zero-order chi connectivity index (χ0) is 15.2. The summed E-state index contributed by atoms with van der Waals surface area (Å²) in [5.41, 5.74) is 2.56. The van der Waals surface area contributed by atoms with Gasteiger partial charge in [0.1, 0.15) is 0 Å². The maximum atomic E-state index is 6.33. The lowest BCUT2D eigenvalue weighted by Crippen LogP contribution is -2.19. The van der Waals surface area contributed by atoms with Crippen molar-refractivity contribution in [3.05, 3.63) is 34.4 Å². The van der Waals surface area contributed by atoms with Gasteiger partial charge in [0.05, 0.1) is 25.3 Å². The van der Waals surface area contributed by atoms with Crippen LogP contribution in [-0.2, 0) is 0 Å². The van der Waals surface area contributed by atoms with Crippen molar-refractivity contribution in [1.82, 2.24) is 5.32 Å². The molecule has 0 radical (unpaired) electrons. The van der Waals surface area contributed by atoms with Crippen LogP contribution in [0.1, 0.15) is 43.7 Å². The topological polar surface area (TPSA) is 30.5 Å². The molecule has 0 aromatic heterocycles. The molecule has 1 N–H and O–H groups in total. The Morgan fingerprint density at radius 2 is 1.95 bits per heavy atom. The first-order valence-electron chi connectivity index (χ1n) is 7.48. The first-order chi connectivity index (χ1) is 10.2. The number of likely N-dealkylation sites (N-methyl/N-ethyl adjacent to an activating group) is 1. The Labute approximate surface area is 132 Å². The van der Waals surface area contributed by atoms with Crippen LogP contribution in [0.4, 0.5) is 0 Å². The van der Waals surface area contributed by atoms with E-state index >= 15 is 0 Å². The van der Waals surface area contributed by atoms with E-state index in [4.69, 9.17) is 21.1 Å². The van der Waals surface area contributed by atoms with Gasteiger partial charge in [-0.2, -0.15) is 0 Å². The lowest BCUT2D eigenvalue weighted by Gasteiger charge is -2.22. The van der Waals surface area contributed by atoms with Gasteiger partial charge in [0.15, 0.2) is 11.5 Å². The number of hydrogen-bond donors (Lipinski definition) is 1. The van der Waals surface area contributed by atoms with E-state index in [0.717, 1.165) is 18.4 Å². The van der Waals surface area contributed by atoms with Crippen LogP contribution >= 0.6 is 11.6 Å². The van der Waals surface area contributed by atoms with E-state index < -0.39 is 0 Å². The highest BCUT2D eigenvalue weighted by Gasteiger charge is 2.20. The molecule has 1 aliphatic carbocycles. The summed E-state index contributed by atoms with van der Waals surface area (Å²) in [4.78, 5) is 0. The van der Waals surface area contributed by atoms with Crippen molar-refractivity contribution in [2.24, 2.45) is 0 Å².